The highest BCUT2D eigenvalue weighted by atomic mass is 32.2. The van der Waals surface area contributed by atoms with Crippen LogP contribution in [0.1, 0.15) is 0 Å². The summed E-state index contributed by atoms with van der Waals surface area (Å²) in [7, 11) is 0. The van der Waals surface area contributed by atoms with Gasteiger partial charge < -0.3 is 0 Å². The molecule has 1 rings (SSSR count). The number of hydrogen-bond donors (Lipinski definition) is 0. The molecule has 0 aromatic carbocycles. The minimum absolute atomic E-state index is 0.000000000000000444. The van der Waals surface area contributed by atoms with Crippen LogP contribution in [0, 0.1) is 5.95 Å². The zero-order chi connectivity index (χ0) is 8.27. The van der Waals surface area contributed by atoms with Crippen LogP contribution in [-0.2, 0) is 0 Å². The Labute approximate surface area is 65.6 Å². The first kappa shape index (κ1) is 8.39. The molecule has 5 heteroatoms. The fourth-order valence-electron chi connectivity index (χ4n) is 0.547. The van der Waals surface area contributed by atoms with Crippen LogP contribution in [0.3, 0.4) is 0 Å². The van der Waals surface area contributed by atoms with Crippen LogP contribution in [0.5, 0.6) is 0 Å². The zero-order valence-electron chi connectivity index (χ0n) is 5.30. The lowest BCUT2D eigenvalue weighted by atomic mass is 10.5. The molecule has 0 N–H and O–H groups in total. The van der Waals surface area contributed by atoms with Crippen LogP contribution >= 0.6 is 11.8 Å². The molecule has 0 spiro atoms. The molecule has 0 aliphatic rings. The van der Waals surface area contributed by atoms with E-state index in [0.717, 1.165) is 6.07 Å². The predicted molar refractivity (Wildman–Crippen MR) is 36.1 cm³/mol. The lowest BCUT2D eigenvalue weighted by Gasteiger charge is -1.96. The van der Waals surface area contributed by atoms with Gasteiger partial charge in [0.05, 0.1) is 0 Å². The van der Waals surface area contributed by atoms with Crippen molar-refractivity contribution in [2.45, 2.75) is 10.8 Å². The molecule has 60 valence electrons. The summed E-state index contributed by atoms with van der Waals surface area (Å²) in [5.41, 5.74) is 0. The summed E-state index contributed by atoms with van der Waals surface area (Å²) in [6.45, 7) is 0. The van der Waals surface area contributed by atoms with Gasteiger partial charge in [-0.2, -0.15) is 13.2 Å². The number of halogens is 3. The number of nitrogens with zero attached hydrogens (tertiary/aromatic N) is 1. The first-order chi connectivity index (χ1) is 5.18. The summed E-state index contributed by atoms with van der Waals surface area (Å²) in [6, 6.07) is 3.78. The van der Waals surface area contributed by atoms with Crippen molar-refractivity contribution in [2.75, 3.05) is 0 Å². The summed E-state index contributed by atoms with van der Waals surface area (Å²) in [5.74, 6) is -3.29. The molecule has 0 bridgehead atoms. The minimum Gasteiger partial charge on any atom is -0.213 e. The van der Waals surface area contributed by atoms with Crippen molar-refractivity contribution < 1.29 is 13.2 Å². The third-order valence-corrected chi connectivity index (χ3v) is 1.55. The Morgan fingerprint density at radius 2 is 2.09 bits per heavy atom. The summed E-state index contributed by atoms with van der Waals surface area (Å²) in [5, 5.41) is 0.000000000000000444. The third-order valence-electron chi connectivity index (χ3n) is 0.899. The number of hydrogen-bond acceptors (Lipinski definition) is 2. The minimum atomic E-state index is -2.55. The lowest BCUT2D eigenvalue weighted by Crippen LogP contribution is -1.87. The Hall–Kier alpha value is -0.710. The van der Waals surface area contributed by atoms with E-state index in [2.05, 4.69) is 4.98 Å². The second kappa shape index (κ2) is 3.61. The Kier molecular flexibility index (Phi) is 2.76. The molecule has 0 fully saturated rings. The van der Waals surface area contributed by atoms with E-state index in [1.54, 1.807) is 0 Å². The van der Waals surface area contributed by atoms with E-state index < -0.39 is 11.7 Å². The van der Waals surface area contributed by atoms with Gasteiger partial charge in [0.25, 0.3) is 5.76 Å². The van der Waals surface area contributed by atoms with E-state index in [9.17, 15) is 13.2 Å². The molecular formula is C6H4F3NS. The number of alkyl halides is 2. The molecule has 0 saturated carbocycles. The standard InChI is InChI=1S/C6H4F3NS/c7-4-2-1-3-5(10-4)11-6(8)9/h1-3,6H. The van der Waals surface area contributed by atoms with E-state index in [0.29, 0.717) is 0 Å². The van der Waals surface area contributed by atoms with Crippen LogP contribution in [0.2, 0.25) is 0 Å². The Bertz CT molecular complexity index is 241. The van der Waals surface area contributed by atoms with Crippen molar-refractivity contribution in [3.63, 3.8) is 0 Å². The first-order valence-electron chi connectivity index (χ1n) is 2.76. The molecule has 11 heavy (non-hydrogen) atoms. The van der Waals surface area contributed by atoms with Gasteiger partial charge in [0.2, 0.25) is 5.95 Å². The van der Waals surface area contributed by atoms with E-state index in [1.807, 2.05) is 0 Å². The van der Waals surface area contributed by atoms with E-state index in [1.165, 1.54) is 12.1 Å². The third kappa shape index (κ3) is 2.80. The molecule has 1 nitrogen and oxygen atoms in total. The quantitative estimate of drug-likeness (QED) is 0.511. The fourth-order valence-corrected chi connectivity index (χ4v) is 1.03. The second-order valence-corrected chi connectivity index (χ2v) is 2.69. The fraction of sp³-hybridized carbons (Fsp3) is 0.167. The zero-order valence-corrected chi connectivity index (χ0v) is 6.12. The number of pyridine rings is 1. The van der Waals surface area contributed by atoms with Gasteiger partial charge in [0, 0.05) is 0 Å². The maximum atomic E-state index is 12.2. The summed E-state index contributed by atoms with van der Waals surface area (Å²) in [6.07, 6.45) is 0. The van der Waals surface area contributed by atoms with Gasteiger partial charge in [0.15, 0.2) is 0 Å². The van der Waals surface area contributed by atoms with E-state index in [4.69, 9.17) is 0 Å². The normalized spacial score (nSPS) is 10.5. The number of aromatic nitrogens is 1. The maximum absolute atomic E-state index is 12.2. The highest BCUT2D eigenvalue weighted by molar-refractivity contribution is 7.99. The summed E-state index contributed by atoms with van der Waals surface area (Å²) < 4.78 is 35.6. The van der Waals surface area contributed by atoms with Gasteiger partial charge in [-0.15, -0.1) is 0 Å². The molecule has 0 unspecified atom stereocenters. The predicted octanol–water partition coefficient (Wildman–Crippen LogP) is 2.54. The Morgan fingerprint density at radius 1 is 1.36 bits per heavy atom. The molecule has 0 saturated heterocycles. The van der Waals surface area contributed by atoms with Crippen LogP contribution in [0.15, 0.2) is 23.2 Å². The van der Waals surface area contributed by atoms with Gasteiger partial charge in [0.1, 0.15) is 5.03 Å². The van der Waals surface area contributed by atoms with Gasteiger partial charge >= 0.3 is 0 Å². The average molecular weight is 179 g/mol. The van der Waals surface area contributed by atoms with E-state index in [-0.39, 0.29) is 16.8 Å². The van der Waals surface area contributed by atoms with Crippen molar-refractivity contribution in [3.8, 4) is 0 Å². The van der Waals surface area contributed by atoms with Crippen LogP contribution in [0.25, 0.3) is 0 Å². The van der Waals surface area contributed by atoms with Crippen LogP contribution in [-0.4, -0.2) is 10.7 Å². The highest BCUT2D eigenvalue weighted by Crippen LogP contribution is 2.22. The maximum Gasteiger partial charge on any atom is 0.290 e. The van der Waals surface area contributed by atoms with Crippen molar-refractivity contribution in [3.05, 3.63) is 24.1 Å². The molecule has 1 heterocycles. The molecule has 0 aliphatic heterocycles. The second-order valence-electron chi connectivity index (χ2n) is 1.68. The van der Waals surface area contributed by atoms with Crippen molar-refractivity contribution in [2.24, 2.45) is 0 Å². The van der Waals surface area contributed by atoms with Crippen molar-refractivity contribution >= 4 is 11.8 Å². The van der Waals surface area contributed by atoms with Gasteiger partial charge in [-0.25, -0.2) is 4.98 Å². The molecule has 1 aromatic rings. The Morgan fingerprint density at radius 3 is 2.64 bits per heavy atom. The topological polar surface area (TPSA) is 12.9 Å². The monoisotopic (exact) mass is 179 g/mol. The largest absolute Gasteiger partial charge is 0.290 e. The van der Waals surface area contributed by atoms with Crippen LogP contribution in [0.4, 0.5) is 13.2 Å². The van der Waals surface area contributed by atoms with Crippen molar-refractivity contribution in [1.82, 2.24) is 4.98 Å². The highest BCUT2D eigenvalue weighted by Gasteiger charge is 2.06. The number of rotatable bonds is 2. The van der Waals surface area contributed by atoms with Gasteiger partial charge in [-0.05, 0) is 23.9 Å². The molecule has 0 amide bonds. The Balaban J connectivity index is 2.71. The summed E-state index contributed by atoms with van der Waals surface area (Å²) >= 11 is 0.228. The lowest BCUT2D eigenvalue weighted by molar-refractivity contribution is 0.252. The van der Waals surface area contributed by atoms with Crippen molar-refractivity contribution in [1.29, 1.82) is 0 Å². The van der Waals surface area contributed by atoms with E-state index >= 15 is 0 Å². The molecular weight excluding hydrogens is 175 g/mol. The van der Waals surface area contributed by atoms with Crippen LogP contribution < -0.4 is 0 Å². The first-order valence-corrected chi connectivity index (χ1v) is 3.64. The van der Waals surface area contributed by atoms with Gasteiger partial charge in [-0.1, -0.05) is 6.07 Å². The average Bonchev–Trinajstić information content (AvgIpc) is 1.85. The van der Waals surface area contributed by atoms with Gasteiger partial charge in [-0.3, -0.25) is 0 Å². The molecule has 0 radical (unpaired) electrons. The molecule has 1 aromatic heterocycles. The molecule has 0 atom stereocenters. The summed E-state index contributed by atoms with van der Waals surface area (Å²) in [4.78, 5) is 3.23. The SMILES string of the molecule is Fc1cccc(SC(F)F)n1. The number of thioether (sulfide) groups is 1. The molecule has 0 aliphatic carbocycles. The smallest absolute Gasteiger partial charge is 0.213 e.